The van der Waals surface area contributed by atoms with Crippen molar-refractivity contribution >= 4 is 16.9 Å². The van der Waals surface area contributed by atoms with Crippen LogP contribution in [-0.4, -0.2) is 31.3 Å². The van der Waals surface area contributed by atoms with Gasteiger partial charge in [0.2, 0.25) is 5.91 Å². The van der Waals surface area contributed by atoms with Gasteiger partial charge in [0.25, 0.3) is 0 Å². The Morgan fingerprint density at radius 3 is 2.86 bits per heavy atom. The molecule has 6 nitrogen and oxygen atoms in total. The lowest BCUT2D eigenvalue weighted by molar-refractivity contribution is -0.120. The van der Waals surface area contributed by atoms with Crippen LogP contribution in [0.15, 0.2) is 27.4 Å². The average Bonchev–Trinajstić information content (AvgIpc) is 2.51. The molecule has 1 amide bonds. The fraction of sp³-hybridized carbons (Fsp3) is 0.375. The average molecular weight is 305 g/mol. The molecule has 0 bridgehead atoms. The Labute approximate surface area is 127 Å². The lowest BCUT2D eigenvalue weighted by Gasteiger charge is -2.09. The zero-order chi connectivity index (χ0) is 16.1. The first kappa shape index (κ1) is 16.0. The van der Waals surface area contributed by atoms with Gasteiger partial charge in [-0.05, 0) is 31.0 Å². The van der Waals surface area contributed by atoms with Crippen LogP contribution in [0.5, 0.6) is 5.75 Å². The first-order valence-corrected chi connectivity index (χ1v) is 7.04. The third kappa shape index (κ3) is 3.46. The Morgan fingerprint density at radius 2 is 2.18 bits per heavy atom. The van der Waals surface area contributed by atoms with Crippen molar-refractivity contribution in [2.24, 2.45) is 0 Å². The van der Waals surface area contributed by atoms with Crippen LogP contribution in [-0.2, 0) is 11.2 Å². The van der Waals surface area contributed by atoms with Gasteiger partial charge in [-0.15, -0.1) is 0 Å². The molecule has 0 saturated heterocycles. The number of nitrogens with one attached hydrogen (secondary N) is 1. The van der Waals surface area contributed by atoms with Crippen molar-refractivity contribution in [1.82, 2.24) is 5.32 Å². The summed E-state index contributed by atoms with van der Waals surface area (Å²) in [5.41, 5.74) is 0.993. The van der Waals surface area contributed by atoms with E-state index in [1.807, 2.05) is 0 Å². The van der Waals surface area contributed by atoms with Crippen LogP contribution in [0.1, 0.15) is 17.5 Å². The van der Waals surface area contributed by atoms with E-state index < -0.39 is 5.63 Å². The number of hydrogen-bond donors (Lipinski definition) is 2. The highest BCUT2D eigenvalue weighted by atomic mass is 16.5. The van der Waals surface area contributed by atoms with Gasteiger partial charge in [0.15, 0.2) is 0 Å². The number of aliphatic hydroxyl groups is 1. The standard InChI is InChI=1S/C16H19NO5/c1-10-12-5-4-11(21-2)8-14(12)22-16(20)13(10)9-15(19)17-6-3-7-18/h4-5,8,18H,3,6-7,9H2,1-2H3,(H,17,19). The van der Waals surface area contributed by atoms with Crippen LogP contribution in [0.2, 0.25) is 0 Å². The van der Waals surface area contributed by atoms with Crippen molar-refractivity contribution in [3.8, 4) is 5.75 Å². The number of aryl methyl sites for hydroxylation is 1. The predicted octanol–water partition coefficient (Wildman–Crippen LogP) is 1.15. The van der Waals surface area contributed by atoms with Crippen molar-refractivity contribution in [2.45, 2.75) is 19.8 Å². The molecule has 0 unspecified atom stereocenters. The molecule has 0 aliphatic rings. The summed E-state index contributed by atoms with van der Waals surface area (Å²) in [5, 5.41) is 12.1. The molecule has 0 atom stereocenters. The third-order valence-corrected chi connectivity index (χ3v) is 3.49. The van der Waals surface area contributed by atoms with E-state index >= 15 is 0 Å². The summed E-state index contributed by atoms with van der Waals surface area (Å²) in [6.45, 7) is 2.19. The summed E-state index contributed by atoms with van der Waals surface area (Å²) in [6.07, 6.45) is 0.443. The van der Waals surface area contributed by atoms with Crippen LogP contribution in [0.25, 0.3) is 11.0 Å². The number of carbonyl (C=O) groups excluding carboxylic acids is 1. The summed E-state index contributed by atoms with van der Waals surface area (Å²) in [7, 11) is 1.54. The van der Waals surface area contributed by atoms with Gasteiger partial charge >= 0.3 is 5.63 Å². The highest BCUT2D eigenvalue weighted by Gasteiger charge is 2.15. The molecule has 118 valence electrons. The third-order valence-electron chi connectivity index (χ3n) is 3.49. The zero-order valence-electron chi connectivity index (χ0n) is 12.6. The number of ether oxygens (including phenoxy) is 1. The van der Waals surface area contributed by atoms with Crippen molar-refractivity contribution in [3.05, 3.63) is 39.7 Å². The Bertz CT molecular complexity index is 735. The monoisotopic (exact) mass is 305 g/mol. The van der Waals surface area contributed by atoms with Crippen LogP contribution < -0.4 is 15.7 Å². The molecule has 0 spiro atoms. The summed E-state index contributed by atoms with van der Waals surface area (Å²) < 4.78 is 10.4. The Hall–Kier alpha value is -2.34. The second-order valence-corrected chi connectivity index (χ2v) is 4.96. The fourth-order valence-electron chi connectivity index (χ4n) is 2.24. The second kappa shape index (κ2) is 7.09. The lowest BCUT2D eigenvalue weighted by atomic mass is 10.0. The van der Waals surface area contributed by atoms with Crippen LogP contribution in [0.4, 0.5) is 0 Å². The van der Waals surface area contributed by atoms with Crippen molar-refractivity contribution < 1.29 is 19.1 Å². The van der Waals surface area contributed by atoms with Gasteiger partial charge in [-0.1, -0.05) is 0 Å². The van der Waals surface area contributed by atoms with Crippen LogP contribution in [0.3, 0.4) is 0 Å². The summed E-state index contributed by atoms with van der Waals surface area (Å²) >= 11 is 0. The van der Waals surface area contributed by atoms with E-state index in [-0.39, 0.29) is 18.9 Å². The Morgan fingerprint density at radius 1 is 1.41 bits per heavy atom. The topological polar surface area (TPSA) is 88.8 Å². The van der Waals surface area contributed by atoms with Gasteiger partial charge < -0.3 is 19.6 Å². The SMILES string of the molecule is COc1ccc2c(C)c(CC(=O)NCCCO)c(=O)oc2c1. The first-order valence-electron chi connectivity index (χ1n) is 7.04. The minimum atomic E-state index is -0.518. The van der Waals surface area contributed by atoms with E-state index in [0.717, 1.165) is 10.9 Å². The molecular weight excluding hydrogens is 286 g/mol. The lowest BCUT2D eigenvalue weighted by Crippen LogP contribution is -2.29. The number of carbonyl (C=O) groups is 1. The highest BCUT2D eigenvalue weighted by Crippen LogP contribution is 2.24. The van der Waals surface area contributed by atoms with E-state index in [4.69, 9.17) is 14.3 Å². The van der Waals surface area contributed by atoms with Gasteiger partial charge in [-0.25, -0.2) is 4.79 Å². The van der Waals surface area contributed by atoms with Gasteiger partial charge in [-0.2, -0.15) is 0 Å². The summed E-state index contributed by atoms with van der Waals surface area (Å²) in [4.78, 5) is 23.9. The molecule has 0 fully saturated rings. The van der Waals surface area contributed by atoms with E-state index in [0.29, 0.717) is 29.9 Å². The molecule has 1 heterocycles. The van der Waals surface area contributed by atoms with E-state index in [1.165, 1.54) is 7.11 Å². The number of benzene rings is 1. The molecule has 6 heteroatoms. The van der Waals surface area contributed by atoms with Crippen LogP contribution >= 0.6 is 0 Å². The van der Waals surface area contributed by atoms with Gasteiger partial charge in [0.1, 0.15) is 11.3 Å². The number of rotatable bonds is 6. The second-order valence-electron chi connectivity index (χ2n) is 4.96. The van der Waals surface area contributed by atoms with E-state index in [2.05, 4.69) is 5.32 Å². The molecule has 22 heavy (non-hydrogen) atoms. The maximum absolute atomic E-state index is 12.1. The normalized spacial score (nSPS) is 10.7. The summed E-state index contributed by atoms with van der Waals surface area (Å²) in [6, 6.07) is 5.23. The molecular formula is C16H19NO5. The number of fused-ring (bicyclic) bond motifs is 1. The summed E-state index contributed by atoms with van der Waals surface area (Å²) in [5.74, 6) is 0.334. The minimum Gasteiger partial charge on any atom is -0.497 e. The molecule has 2 N–H and O–H groups in total. The molecule has 1 aromatic carbocycles. The van der Waals surface area contributed by atoms with Gasteiger partial charge in [0.05, 0.1) is 19.1 Å². The predicted molar refractivity (Wildman–Crippen MR) is 82.2 cm³/mol. The maximum Gasteiger partial charge on any atom is 0.340 e. The smallest absolute Gasteiger partial charge is 0.340 e. The molecule has 0 saturated carbocycles. The maximum atomic E-state index is 12.1. The van der Waals surface area contributed by atoms with E-state index in [9.17, 15) is 9.59 Å². The molecule has 0 radical (unpaired) electrons. The molecule has 0 aliphatic heterocycles. The minimum absolute atomic E-state index is 0.0131. The van der Waals surface area contributed by atoms with Gasteiger partial charge in [0, 0.05) is 24.6 Å². The zero-order valence-corrected chi connectivity index (χ0v) is 12.6. The number of hydrogen-bond acceptors (Lipinski definition) is 5. The Kier molecular flexibility index (Phi) is 5.16. The number of aliphatic hydroxyl groups excluding tert-OH is 1. The van der Waals surface area contributed by atoms with Crippen molar-refractivity contribution in [3.63, 3.8) is 0 Å². The number of amides is 1. The molecule has 2 rings (SSSR count). The van der Waals surface area contributed by atoms with Crippen molar-refractivity contribution in [2.75, 3.05) is 20.3 Å². The van der Waals surface area contributed by atoms with Gasteiger partial charge in [-0.3, -0.25) is 4.79 Å². The molecule has 1 aromatic heterocycles. The Balaban J connectivity index is 2.31. The van der Waals surface area contributed by atoms with E-state index in [1.54, 1.807) is 25.1 Å². The van der Waals surface area contributed by atoms with Crippen LogP contribution in [0, 0.1) is 6.92 Å². The fourth-order valence-corrected chi connectivity index (χ4v) is 2.24. The number of methoxy groups -OCH3 is 1. The molecule has 0 aliphatic carbocycles. The first-order chi connectivity index (χ1) is 10.6. The largest absolute Gasteiger partial charge is 0.497 e. The highest BCUT2D eigenvalue weighted by molar-refractivity contribution is 5.85. The quantitative estimate of drug-likeness (QED) is 0.617. The van der Waals surface area contributed by atoms with Crippen molar-refractivity contribution in [1.29, 1.82) is 0 Å². The molecule has 2 aromatic rings.